The molecule has 2 fully saturated rings. The molecule has 1 aliphatic heterocycles. The number of hydrogen-bond acceptors (Lipinski definition) is 3. The van der Waals surface area contributed by atoms with Crippen molar-refractivity contribution in [1.29, 1.82) is 0 Å². The number of nitrogens with zero attached hydrogens (tertiary/aromatic N) is 2. The molecule has 0 radical (unpaired) electrons. The molecule has 1 saturated carbocycles. The van der Waals surface area contributed by atoms with Gasteiger partial charge in [-0.1, -0.05) is 6.92 Å². The molecule has 0 aromatic heterocycles. The van der Waals surface area contributed by atoms with Gasteiger partial charge in [0.1, 0.15) is 0 Å². The first kappa shape index (κ1) is 10.4. The summed E-state index contributed by atoms with van der Waals surface area (Å²) < 4.78 is 0. The van der Waals surface area contributed by atoms with Crippen LogP contribution in [0.1, 0.15) is 26.7 Å². The SMILES string of the molecule is CCN1CCN(C2(CN)CC2)CC1C. The van der Waals surface area contributed by atoms with Crippen LogP contribution >= 0.6 is 0 Å². The maximum absolute atomic E-state index is 5.86. The van der Waals surface area contributed by atoms with Gasteiger partial charge in [0, 0.05) is 37.8 Å². The zero-order chi connectivity index (χ0) is 10.2. The predicted octanol–water partition coefficient (Wildman–Crippen LogP) is 0.504. The molecule has 0 bridgehead atoms. The van der Waals surface area contributed by atoms with Crippen LogP contribution in [0.15, 0.2) is 0 Å². The van der Waals surface area contributed by atoms with E-state index in [1.165, 1.54) is 39.0 Å². The summed E-state index contributed by atoms with van der Waals surface area (Å²) in [5.74, 6) is 0. The van der Waals surface area contributed by atoms with Crippen molar-refractivity contribution in [3.8, 4) is 0 Å². The molecular weight excluding hydrogens is 174 g/mol. The highest BCUT2D eigenvalue weighted by molar-refractivity contribution is 5.06. The van der Waals surface area contributed by atoms with Gasteiger partial charge in [-0.05, 0) is 26.3 Å². The van der Waals surface area contributed by atoms with Gasteiger partial charge in [0.05, 0.1) is 0 Å². The van der Waals surface area contributed by atoms with E-state index in [9.17, 15) is 0 Å². The molecule has 0 spiro atoms. The van der Waals surface area contributed by atoms with E-state index in [-0.39, 0.29) is 0 Å². The monoisotopic (exact) mass is 197 g/mol. The van der Waals surface area contributed by atoms with Crippen LogP contribution in [0, 0.1) is 0 Å². The van der Waals surface area contributed by atoms with Crippen LogP contribution in [0.5, 0.6) is 0 Å². The third-order valence-corrected chi connectivity index (χ3v) is 4.05. The Balaban J connectivity index is 1.92. The average Bonchev–Trinajstić information content (AvgIpc) is 2.98. The summed E-state index contributed by atoms with van der Waals surface area (Å²) in [6.07, 6.45) is 2.64. The second kappa shape index (κ2) is 3.80. The summed E-state index contributed by atoms with van der Waals surface area (Å²) in [7, 11) is 0. The lowest BCUT2D eigenvalue weighted by Gasteiger charge is -2.43. The van der Waals surface area contributed by atoms with Gasteiger partial charge in [0.2, 0.25) is 0 Å². The van der Waals surface area contributed by atoms with Crippen molar-refractivity contribution in [2.45, 2.75) is 38.3 Å². The zero-order valence-electron chi connectivity index (χ0n) is 9.50. The fourth-order valence-electron chi connectivity index (χ4n) is 2.69. The lowest BCUT2D eigenvalue weighted by atomic mass is 10.1. The van der Waals surface area contributed by atoms with Crippen LogP contribution in [0.25, 0.3) is 0 Å². The Labute approximate surface area is 87.2 Å². The highest BCUT2D eigenvalue weighted by Gasteiger charge is 2.47. The molecule has 0 aromatic carbocycles. The van der Waals surface area contributed by atoms with Crippen LogP contribution in [-0.4, -0.2) is 54.1 Å². The van der Waals surface area contributed by atoms with Crippen molar-refractivity contribution in [2.75, 3.05) is 32.7 Å². The van der Waals surface area contributed by atoms with Crippen LogP contribution < -0.4 is 5.73 Å². The molecule has 2 rings (SSSR count). The predicted molar refractivity (Wildman–Crippen MR) is 59.3 cm³/mol. The topological polar surface area (TPSA) is 32.5 Å². The van der Waals surface area contributed by atoms with Crippen LogP contribution in [0.4, 0.5) is 0 Å². The Hall–Kier alpha value is -0.120. The molecule has 1 atom stereocenters. The summed E-state index contributed by atoms with van der Waals surface area (Å²) in [5, 5.41) is 0. The maximum Gasteiger partial charge on any atom is 0.0334 e. The molecular formula is C11H23N3. The van der Waals surface area contributed by atoms with E-state index in [2.05, 4.69) is 23.6 Å². The highest BCUT2D eigenvalue weighted by Crippen LogP contribution is 2.41. The fourth-order valence-corrected chi connectivity index (χ4v) is 2.69. The van der Waals surface area contributed by atoms with Gasteiger partial charge in [-0.15, -0.1) is 0 Å². The molecule has 1 heterocycles. The number of piperazine rings is 1. The molecule has 82 valence electrons. The van der Waals surface area contributed by atoms with E-state index >= 15 is 0 Å². The number of hydrogen-bond donors (Lipinski definition) is 1. The van der Waals surface area contributed by atoms with Crippen LogP contribution in [0.3, 0.4) is 0 Å². The van der Waals surface area contributed by atoms with E-state index in [0.29, 0.717) is 11.6 Å². The van der Waals surface area contributed by atoms with Crippen LogP contribution in [-0.2, 0) is 0 Å². The van der Waals surface area contributed by atoms with Crippen molar-refractivity contribution >= 4 is 0 Å². The fraction of sp³-hybridized carbons (Fsp3) is 1.00. The average molecular weight is 197 g/mol. The Morgan fingerprint density at radius 1 is 1.36 bits per heavy atom. The first-order valence-corrected chi connectivity index (χ1v) is 5.91. The zero-order valence-corrected chi connectivity index (χ0v) is 9.50. The minimum atomic E-state index is 0.411. The van der Waals surface area contributed by atoms with Crippen molar-refractivity contribution in [3.05, 3.63) is 0 Å². The summed E-state index contributed by atoms with van der Waals surface area (Å²) >= 11 is 0. The molecule has 1 saturated heterocycles. The molecule has 1 aliphatic carbocycles. The largest absolute Gasteiger partial charge is 0.329 e. The molecule has 2 aliphatic rings. The first-order chi connectivity index (χ1) is 6.72. The normalized spacial score (nSPS) is 33.2. The number of nitrogens with two attached hydrogens (primary N) is 1. The highest BCUT2D eigenvalue weighted by atomic mass is 15.3. The smallest absolute Gasteiger partial charge is 0.0334 e. The lowest BCUT2D eigenvalue weighted by molar-refractivity contribution is 0.0521. The van der Waals surface area contributed by atoms with Gasteiger partial charge in [0.25, 0.3) is 0 Å². The van der Waals surface area contributed by atoms with E-state index < -0.39 is 0 Å². The molecule has 2 N–H and O–H groups in total. The van der Waals surface area contributed by atoms with Gasteiger partial charge in [0.15, 0.2) is 0 Å². The summed E-state index contributed by atoms with van der Waals surface area (Å²) in [4.78, 5) is 5.19. The van der Waals surface area contributed by atoms with E-state index in [1.807, 2.05) is 0 Å². The molecule has 0 amide bonds. The molecule has 14 heavy (non-hydrogen) atoms. The van der Waals surface area contributed by atoms with Gasteiger partial charge in [-0.25, -0.2) is 0 Å². The molecule has 3 nitrogen and oxygen atoms in total. The summed E-state index contributed by atoms with van der Waals surface area (Å²) in [6.45, 7) is 10.3. The number of rotatable bonds is 3. The Kier molecular flexibility index (Phi) is 2.82. The van der Waals surface area contributed by atoms with Gasteiger partial charge >= 0.3 is 0 Å². The Bertz CT molecular complexity index is 201. The molecule has 3 heteroatoms. The Morgan fingerprint density at radius 3 is 2.50 bits per heavy atom. The van der Waals surface area contributed by atoms with E-state index in [1.54, 1.807) is 0 Å². The number of likely N-dealkylation sites (N-methyl/N-ethyl adjacent to an activating group) is 1. The third kappa shape index (κ3) is 1.69. The van der Waals surface area contributed by atoms with Crippen molar-refractivity contribution in [3.63, 3.8) is 0 Å². The van der Waals surface area contributed by atoms with Crippen molar-refractivity contribution in [2.24, 2.45) is 5.73 Å². The Morgan fingerprint density at radius 2 is 2.07 bits per heavy atom. The third-order valence-electron chi connectivity index (χ3n) is 4.05. The van der Waals surface area contributed by atoms with Crippen molar-refractivity contribution in [1.82, 2.24) is 9.80 Å². The molecule has 0 aromatic rings. The minimum absolute atomic E-state index is 0.411. The standard InChI is InChI=1S/C11H23N3/c1-3-13-6-7-14(8-10(13)2)11(9-12)4-5-11/h10H,3-9,12H2,1-2H3. The second-order valence-corrected chi connectivity index (χ2v) is 4.85. The quantitative estimate of drug-likeness (QED) is 0.715. The summed E-state index contributed by atoms with van der Waals surface area (Å²) in [5.41, 5.74) is 6.27. The maximum atomic E-state index is 5.86. The van der Waals surface area contributed by atoms with E-state index in [0.717, 1.165) is 6.54 Å². The van der Waals surface area contributed by atoms with E-state index in [4.69, 9.17) is 5.73 Å². The summed E-state index contributed by atoms with van der Waals surface area (Å²) in [6, 6.07) is 0.706. The van der Waals surface area contributed by atoms with Crippen molar-refractivity contribution < 1.29 is 0 Å². The van der Waals surface area contributed by atoms with Gasteiger partial charge in [-0.2, -0.15) is 0 Å². The van der Waals surface area contributed by atoms with Gasteiger partial charge < -0.3 is 5.73 Å². The van der Waals surface area contributed by atoms with Gasteiger partial charge in [-0.3, -0.25) is 9.80 Å². The van der Waals surface area contributed by atoms with Crippen LogP contribution in [0.2, 0.25) is 0 Å². The minimum Gasteiger partial charge on any atom is -0.329 e. The lowest BCUT2D eigenvalue weighted by Crippen LogP contribution is -2.57. The molecule has 1 unspecified atom stereocenters. The second-order valence-electron chi connectivity index (χ2n) is 4.85. The first-order valence-electron chi connectivity index (χ1n) is 5.91.